The van der Waals surface area contributed by atoms with Gasteiger partial charge in [-0.2, -0.15) is 10.2 Å². The van der Waals surface area contributed by atoms with Gasteiger partial charge in [0.15, 0.2) is 11.6 Å². The van der Waals surface area contributed by atoms with Crippen molar-refractivity contribution in [1.82, 2.24) is 24.5 Å². The van der Waals surface area contributed by atoms with Crippen molar-refractivity contribution in [2.75, 3.05) is 5.73 Å². The maximum absolute atomic E-state index is 5.62. The molecular weight excluding hydrogens is 216 g/mol. The van der Waals surface area contributed by atoms with E-state index in [-0.39, 0.29) is 0 Å². The Labute approximate surface area is 97.3 Å². The summed E-state index contributed by atoms with van der Waals surface area (Å²) in [5, 5.41) is 8.23. The minimum atomic E-state index is 0.608. The Balaban J connectivity index is 2.05. The molecule has 0 saturated heterocycles. The van der Waals surface area contributed by atoms with Gasteiger partial charge in [-0.1, -0.05) is 6.07 Å². The van der Waals surface area contributed by atoms with E-state index in [9.17, 15) is 0 Å². The Bertz CT molecular complexity index is 625. The summed E-state index contributed by atoms with van der Waals surface area (Å²) in [5.41, 5.74) is 6.23. The van der Waals surface area contributed by atoms with E-state index in [2.05, 4.69) is 15.2 Å². The molecule has 3 aromatic heterocycles. The first-order valence-corrected chi connectivity index (χ1v) is 5.10. The SMILES string of the molecule is Nc1cnn(-c2cccc(-n3cccn3)n2)c1. The topological polar surface area (TPSA) is 74.5 Å². The summed E-state index contributed by atoms with van der Waals surface area (Å²) < 4.78 is 3.32. The predicted octanol–water partition coefficient (Wildman–Crippen LogP) is 1.04. The van der Waals surface area contributed by atoms with Gasteiger partial charge in [0.1, 0.15) is 0 Å². The van der Waals surface area contributed by atoms with Crippen molar-refractivity contribution in [1.29, 1.82) is 0 Å². The molecule has 3 heterocycles. The van der Waals surface area contributed by atoms with E-state index in [1.165, 1.54) is 0 Å². The maximum atomic E-state index is 5.62. The fourth-order valence-electron chi connectivity index (χ4n) is 1.53. The van der Waals surface area contributed by atoms with Crippen LogP contribution in [-0.2, 0) is 0 Å². The molecule has 6 nitrogen and oxygen atoms in total. The van der Waals surface area contributed by atoms with E-state index in [0.29, 0.717) is 11.5 Å². The Morgan fingerprint density at radius 3 is 2.47 bits per heavy atom. The lowest BCUT2D eigenvalue weighted by atomic mass is 10.4. The van der Waals surface area contributed by atoms with Gasteiger partial charge in [-0.3, -0.25) is 0 Å². The third kappa shape index (κ3) is 1.76. The number of aromatic nitrogens is 5. The van der Waals surface area contributed by atoms with Crippen LogP contribution in [0.25, 0.3) is 11.6 Å². The molecule has 0 aliphatic heterocycles. The number of rotatable bonds is 2. The van der Waals surface area contributed by atoms with Crippen molar-refractivity contribution < 1.29 is 0 Å². The summed E-state index contributed by atoms with van der Waals surface area (Å²) in [6.45, 7) is 0. The normalized spacial score (nSPS) is 10.6. The molecule has 0 saturated carbocycles. The van der Waals surface area contributed by atoms with Crippen LogP contribution in [0.4, 0.5) is 5.69 Å². The Morgan fingerprint density at radius 2 is 1.82 bits per heavy atom. The Morgan fingerprint density at radius 1 is 1.00 bits per heavy atom. The second-order valence-corrected chi connectivity index (χ2v) is 3.52. The molecule has 0 fully saturated rings. The highest BCUT2D eigenvalue weighted by Crippen LogP contribution is 2.09. The molecule has 0 spiro atoms. The summed E-state index contributed by atoms with van der Waals surface area (Å²) in [5.74, 6) is 1.44. The molecule has 3 aromatic rings. The summed E-state index contributed by atoms with van der Waals surface area (Å²) in [6, 6.07) is 7.49. The highest BCUT2D eigenvalue weighted by atomic mass is 15.3. The van der Waals surface area contributed by atoms with Crippen LogP contribution in [0, 0.1) is 0 Å². The van der Waals surface area contributed by atoms with Crippen LogP contribution in [0.5, 0.6) is 0 Å². The molecule has 17 heavy (non-hydrogen) atoms. The molecule has 0 aliphatic carbocycles. The third-order valence-corrected chi connectivity index (χ3v) is 2.30. The lowest BCUT2D eigenvalue weighted by Crippen LogP contribution is -2.03. The van der Waals surface area contributed by atoms with Crippen LogP contribution >= 0.6 is 0 Å². The number of nitrogens with two attached hydrogens (primary N) is 1. The minimum Gasteiger partial charge on any atom is -0.396 e. The second kappa shape index (κ2) is 3.75. The zero-order valence-electron chi connectivity index (χ0n) is 8.93. The fraction of sp³-hybridized carbons (Fsp3) is 0. The van der Waals surface area contributed by atoms with Crippen molar-refractivity contribution in [2.45, 2.75) is 0 Å². The highest BCUT2D eigenvalue weighted by molar-refractivity contribution is 5.36. The van der Waals surface area contributed by atoms with Crippen molar-refractivity contribution in [3.8, 4) is 11.6 Å². The lowest BCUT2D eigenvalue weighted by Gasteiger charge is -2.03. The average molecular weight is 226 g/mol. The average Bonchev–Trinajstić information content (AvgIpc) is 3.00. The largest absolute Gasteiger partial charge is 0.396 e. The van der Waals surface area contributed by atoms with Crippen LogP contribution in [0.3, 0.4) is 0 Å². The van der Waals surface area contributed by atoms with Crippen molar-refractivity contribution in [3.63, 3.8) is 0 Å². The molecule has 3 rings (SSSR count). The number of pyridine rings is 1. The van der Waals surface area contributed by atoms with Crippen LogP contribution in [0.1, 0.15) is 0 Å². The number of anilines is 1. The van der Waals surface area contributed by atoms with Crippen LogP contribution in [-0.4, -0.2) is 24.5 Å². The monoisotopic (exact) mass is 226 g/mol. The number of hydrogen-bond donors (Lipinski definition) is 1. The third-order valence-electron chi connectivity index (χ3n) is 2.30. The van der Waals surface area contributed by atoms with Gasteiger partial charge >= 0.3 is 0 Å². The van der Waals surface area contributed by atoms with E-state index in [4.69, 9.17) is 5.73 Å². The summed E-state index contributed by atoms with van der Waals surface area (Å²) in [6.07, 6.45) is 6.85. The molecule has 0 aromatic carbocycles. The predicted molar refractivity (Wildman–Crippen MR) is 62.9 cm³/mol. The number of nitrogens with zero attached hydrogens (tertiary/aromatic N) is 5. The summed E-state index contributed by atoms with van der Waals surface area (Å²) in [4.78, 5) is 4.44. The molecule has 0 radical (unpaired) electrons. The van der Waals surface area contributed by atoms with E-state index in [1.54, 1.807) is 28.0 Å². The molecule has 84 valence electrons. The van der Waals surface area contributed by atoms with Gasteiger partial charge < -0.3 is 5.73 Å². The second-order valence-electron chi connectivity index (χ2n) is 3.52. The highest BCUT2D eigenvalue weighted by Gasteiger charge is 2.03. The van der Waals surface area contributed by atoms with Crippen molar-refractivity contribution in [3.05, 3.63) is 49.1 Å². The van der Waals surface area contributed by atoms with Gasteiger partial charge in [-0.15, -0.1) is 0 Å². The van der Waals surface area contributed by atoms with Gasteiger partial charge in [0.2, 0.25) is 0 Å². The minimum absolute atomic E-state index is 0.608. The molecule has 0 aliphatic rings. The van der Waals surface area contributed by atoms with Gasteiger partial charge in [0, 0.05) is 12.4 Å². The molecule has 0 bridgehead atoms. The standard InChI is InChI=1S/C11H10N6/c12-9-7-14-17(8-9)11-4-1-3-10(15-11)16-6-2-5-13-16/h1-8H,12H2. The van der Waals surface area contributed by atoms with Crippen molar-refractivity contribution >= 4 is 5.69 Å². The Hall–Kier alpha value is -2.63. The van der Waals surface area contributed by atoms with E-state index >= 15 is 0 Å². The first kappa shape index (κ1) is 9.59. The lowest BCUT2D eigenvalue weighted by molar-refractivity contribution is 0.803. The van der Waals surface area contributed by atoms with E-state index in [0.717, 1.165) is 5.82 Å². The van der Waals surface area contributed by atoms with Crippen molar-refractivity contribution in [2.24, 2.45) is 0 Å². The summed E-state index contributed by atoms with van der Waals surface area (Å²) >= 11 is 0. The fourth-order valence-corrected chi connectivity index (χ4v) is 1.53. The van der Waals surface area contributed by atoms with E-state index in [1.807, 2.05) is 30.5 Å². The molecule has 0 unspecified atom stereocenters. The maximum Gasteiger partial charge on any atom is 0.155 e. The zero-order valence-corrected chi connectivity index (χ0v) is 8.93. The molecule has 6 heteroatoms. The number of hydrogen-bond acceptors (Lipinski definition) is 4. The van der Waals surface area contributed by atoms with Gasteiger partial charge in [0.05, 0.1) is 18.1 Å². The van der Waals surface area contributed by atoms with Crippen LogP contribution in [0.15, 0.2) is 49.1 Å². The van der Waals surface area contributed by atoms with Gasteiger partial charge in [-0.25, -0.2) is 14.3 Å². The molecule has 0 atom stereocenters. The number of nitrogen functional groups attached to an aromatic ring is 1. The zero-order chi connectivity index (χ0) is 11.7. The quantitative estimate of drug-likeness (QED) is 0.708. The van der Waals surface area contributed by atoms with Gasteiger partial charge in [-0.05, 0) is 18.2 Å². The molecule has 0 amide bonds. The van der Waals surface area contributed by atoms with E-state index < -0.39 is 0 Å². The van der Waals surface area contributed by atoms with Crippen LogP contribution < -0.4 is 5.73 Å². The molecule has 2 N–H and O–H groups in total. The first-order chi connectivity index (χ1) is 8.33. The smallest absolute Gasteiger partial charge is 0.155 e. The first-order valence-electron chi connectivity index (χ1n) is 5.10. The van der Waals surface area contributed by atoms with Crippen LogP contribution in [0.2, 0.25) is 0 Å². The summed E-state index contributed by atoms with van der Waals surface area (Å²) in [7, 11) is 0. The molecular formula is C11H10N6. The van der Waals surface area contributed by atoms with Gasteiger partial charge in [0.25, 0.3) is 0 Å². The Kier molecular flexibility index (Phi) is 2.11.